The van der Waals surface area contributed by atoms with Gasteiger partial charge in [-0.1, -0.05) is 31.2 Å². The third-order valence-electron chi connectivity index (χ3n) is 3.49. The average molecular weight is 218 g/mol. The minimum absolute atomic E-state index is 0.0190. The summed E-state index contributed by atoms with van der Waals surface area (Å²) in [6.45, 7) is 5.87. The van der Waals surface area contributed by atoms with Gasteiger partial charge in [0.05, 0.1) is 5.41 Å². The van der Waals surface area contributed by atoms with E-state index in [0.29, 0.717) is 0 Å². The SMILES string of the molecule is CCC(C)(C)C(=O)OC1Cc2ccccc21. The van der Waals surface area contributed by atoms with Crippen LogP contribution in [0.4, 0.5) is 0 Å². The second-order valence-electron chi connectivity index (χ2n) is 5.03. The summed E-state index contributed by atoms with van der Waals surface area (Å²) in [6, 6.07) is 8.14. The zero-order valence-corrected chi connectivity index (χ0v) is 10.1. The van der Waals surface area contributed by atoms with E-state index in [9.17, 15) is 4.79 Å². The summed E-state index contributed by atoms with van der Waals surface area (Å²) in [7, 11) is 0. The Morgan fingerprint density at radius 2 is 2.12 bits per heavy atom. The van der Waals surface area contributed by atoms with Gasteiger partial charge < -0.3 is 4.74 Å². The van der Waals surface area contributed by atoms with Crippen molar-refractivity contribution < 1.29 is 9.53 Å². The van der Waals surface area contributed by atoms with Crippen LogP contribution in [0.1, 0.15) is 44.4 Å². The maximum absolute atomic E-state index is 11.9. The number of carbonyl (C=O) groups is 1. The smallest absolute Gasteiger partial charge is 0.312 e. The highest BCUT2D eigenvalue weighted by Crippen LogP contribution is 2.37. The van der Waals surface area contributed by atoms with Crippen LogP contribution >= 0.6 is 0 Å². The topological polar surface area (TPSA) is 26.3 Å². The Morgan fingerprint density at radius 1 is 1.44 bits per heavy atom. The highest BCUT2D eigenvalue weighted by Gasteiger charge is 2.34. The molecule has 86 valence electrons. The van der Waals surface area contributed by atoms with Gasteiger partial charge in [-0.3, -0.25) is 4.79 Å². The number of hydrogen-bond donors (Lipinski definition) is 0. The summed E-state index contributed by atoms with van der Waals surface area (Å²) < 4.78 is 5.53. The van der Waals surface area contributed by atoms with E-state index in [4.69, 9.17) is 4.74 Å². The summed E-state index contributed by atoms with van der Waals surface area (Å²) in [4.78, 5) is 11.9. The van der Waals surface area contributed by atoms with E-state index in [1.807, 2.05) is 39.0 Å². The highest BCUT2D eigenvalue weighted by molar-refractivity contribution is 5.76. The Hall–Kier alpha value is -1.31. The molecule has 1 unspecified atom stereocenters. The van der Waals surface area contributed by atoms with Crippen molar-refractivity contribution in [2.45, 2.75) is 39.7 Å². The maximum atomic E-state index is 11.9. The van der Waals surface area contributed by atoms with Crippen LogP contribution in [0.15, 0.2) is 24.3 Å². The van der Waals surface area contributed by atoms with E-state index in [1.54, 1.807) is 0 Å². The van der Waals surface area contributed by atoms with Crippen LogP contribution in [0.25, 0.3) is 0 Å². The molecule has 2 rings (SSSR count). The second kappa shape index (κ2) is 3.93. The fraction of sp³-hybridized carbons (Fsp3) is 0.500. The first-order valence-corrected chi connectivity index (χ1v) is 5.83. The number of carbonyl (C=O) groups excluding carboxylic acids is 1. The molecule has 0 aliphatic heterocycles. The van der Waals surface area contributed by atoms with Crippen LogP contribution in [0.5, 0.6) is 0 Å². The number of fused-ring (bicyclic) bond motifs is 1. The largest absolute Gasteiger partial charge is 0.457 e. The van der Waals surface area contributed by atoms with Crippen molar-refractivity contribution in [3.63, 3.8) is 0 Å². The van der Waals surface area contributed by atoms with Crippen LogP contribution in [0.3, 0.4) is 0 Å². The number of ether oxygens (including phenoxy) is 1. The predicted octanol–water partition coefficient (Wildman–Crippen LogP) is 3.26. The van der Waals surface area contributed by atoms with E-state index >= 15 is 0 Å². The molecule has 0 aromatic heterocycles. The van der Waals surface area contributed by atoms with Gasteiger partial charge in [0.15, 0.2) is 0 Å². The summed E-state index contributed by atoms with van der Waals surface area (Å²) in [5.41, 5.74) is 2.10. The van der Waals surface area contributed by atoms with Gasteiger partial charge in [0.2, 0.25) is 0 Å². The van der Waals surface area contributed by atoms with Crippen molar-refractivity contribution in [2.75, 3.05) is 0 Å². The van der Waals surface area contributed by atoms with Gasteiger partial charge in [-0.25, -0.2) is 0 Å². The Bertz CT molecular complexity index is 407. The van der Waals surface area contributed by atoms with Crippen LogP contribution in [-0.2, 0) is 16.0 Å². The van der Waals surface area contributed by atoms with E-state index in [0.717, 1.165) is 12.8 Å². The van der Waals surface area contributed by atoms with Crippen molar-refractivity contribution in [1.29, 1.82) is 0 Å². The molecular formula is C14H18O2. The molecule has 1 aliphatic carbocycles. The van der Waals surface area contributed by atoms with Crippen molar-refractivity contribution in [3.05, 3.63) is 35.4 Å². The van der Waals surface area contributed by atoms with Crippen molar-refractivity contribution in [3.8, 4) is 0 Å². The molecule has 0 spiro atoms. The first-order chi connectivity index (χ1) is 7.54. The predicted molar refractivity (Wildman–Crippen MR) is 63.1 cm³/mol. The third kappa shape index (κ3) is 1.84. The molecule has 0 saturated heterocycles. The lowest BCUT2D eigenvalue weighted by atomic mass is 9.84. The molecule has 0 amide bonds. The van der Waals surface area contributed by atoms with Gasteiger partial charge in [0.25, 0.3) is 0 Å². The Morgan fingerprint density at radius 3 is 2.75 bits per heavy atom. The molecule has 0 heterocycles. The summed E-state index contributed by atoms with van der Waals surface area (Å²) >= 11 is 0. The molecule has 2 nitrogen and oxygen atoms in total. The highest BCUT2D eigenvalue weighted by atomic mass is 16.5. The summed E-state index contributed by atoms with van der Waals surface area (Å²) in [6.07, 6.45) is 1.65. The molecule has 0 N–H and O–H groups in total. The Labute approximate surface area is 96.6 Å². The van der Waals surface area contributed by atoms with Gasteiger partial charge in [-0.2, -0.15) is 0 Å². The van der Waals surface area contributed by atoms with Gasteiger partial charge >= 0.3 is 5.97 Å². The van der Waals surface area contributed by atoms with Crippen LogP contribution in [0, 0.1) is 5.41 Å². The zero-order chi connectivity index (χ0) is 11.8. The minimum Gasteiger partial charge on any atom is -0.457 e. The van der Waals surface area contributed by atoms with Crippen LogP contribution in [-0.4, -0.2) is 5.97 Å². The molecule has 1 aromatic rings. The molecule has 1 aliphatic rings. The van der Waals surface area contributed by atoms with Crippen molar-refractivity contribution in [1.82, 2.24) is 0 Å². The first-order valence-electron chi connectivity index (χ1n) is 5.83. The fourth-order valence-electron chi connectivity index (χ4n) is 1.75. The molecule has 0 radical (unpaired) electrons. The second-order valence-corrected chi connectivity index (χ2v) is 5.03. The van der Waals surface area contributed by atoms with Crippen molar-refractivity contribution >= 4 is 5.97 Å². The molecule has 16 heavy (non-hydrogen) atoms. The molecule has 1 aromatic carbocycles. The zero-order valence-electron chi connectivity index (χ0n) is 10.1. The maximum Gasteiger partial charge on any atom is 0.312 e. The molecule has 0 bridgehead atoms. The molecule has 0 saturated carbocycles. The standard InChI is InChI=1S/C14H18O2/c1-4-14(2,3)13(15)16-12-9-10-7-5-6-8-11(10)12/h5-8,12H,4,9H2,1-3H3. The van der Waals surface area contributed by atoms with Gasteiger partial charge in [-0.05, 0) is 31.4 Å². The normalized spacial score (nSPS) is 18.6. The van der Waals surface area contributed by atoms with Gasteiger partial charge in [0.1, 0.15) is 6.10 Å². The van der Waals surface area contributed by atoms with E-state index in [1.165, 1.54) is 11.1 Å². The van der Waals surface area contributed by atoms with Crippen molar-refractivity contribution in [2.24, 2.45) is 5.41 Å². The Balaban J connectivity index is 2.02. The Kier molecular flexibility index (Phi) is 2.75. The van der Waals surface area contributed by atoms with E-state index in [-0.39, 0.29) is 17.5 Å². The number of esters is 1. The first kappa shape index (κ1) is 11.2. The fourth-order valence-corrected chi connectivity index (χ4v) is 1.75. The van der Waals surface area contributed by atoms with Gasteiger partial charge in [0, 0.05) is 6.42 Å². The lowest BCUT2D eigenvalue weighted by Gasteiger charge is -2.32. The lowest BCUT2D eigenvalue weighted by molar-refractivity contribution is -0.161. The number of benzene rings is 1. The summed E-state index contributed by atoms with van der Waals surface area (Å²) in [5, 5.41) is 0. The number of rotatable bonds is 3. The van der Waals surface area contributed by atoms with E-state index < -0.39 is 0 Å². The molecular weight excluding hydrogens is 200 g/mol. The number of hydrogen-bond acceptors (Lipinski definition) is 2. The quantitative estimate of drug-likeness (QED) is 0.728. The van der Waals surface area contributed by atoms with Crippen LogP contribution < -0.4 is 0 Å². The van der Waals surface area contributed by atoms with Crippen LogP contribution in [0.2, 0.25) is 0 Å². The lowest BCUT2D eigenvalue weighted by Crippen LogP contribution is -2.31. The van der Waals surface area contributed by atoms with Gasteiger partial charge in [-0.15, -0.1) is 0 Å². The van der Waals surface area contributed by atoms with E-state index in [2.05, 4.69) is 6.07 Å². The average Bonchev–Trinajstić information content (AvgIpc) is 2.25. The minimum atomic E-state index is -0.371. The molecule has 2 heteroatoms. The third-order valence-corrected chi connectivity index (χ3v) is 3.49. The molecule has 0 fully saturated rings. The monoisotopic (exact) mass is 218 g/mol. The summed E-state index contributed by atoms with van der Waals surface area (Å²) in [5.74, 6) is -0.0884. The molecule has 1 atom stereocenters.